The van der Waals surface area contributed by atoms with E-state index in [0.29, 0.717) is 5.52 Å². The van der Waals surface area contributed by atoms with Crippen molar-refractivity contribution in [3.8, 4) is 22.5 Å². The van der Waals surface area contributed by atoms with Crippen LogP contribution in [-0.2, 0) is 21.4 Å². The highest BCUT2D eigenvalue weighted by atomic mass is 32.2. The van der Waals surface area contributed by atoms with Crippen molar-refractivity contribution < 1.29 is 31.5 Å². The van der Waals surface area contributed by atoms with Crippen molar-refractivity contribution in [3.05, 3.63) is 121 Å². The van der Waals surface area contributed by atoms with Gasteiger partial charge in [0.25, 0.3) is 0 Å². The molecule has 2 heterocycles. The van der Waals surface area contributed by atoms with E-state index >= 15 is 0 Å². The Balaban J connectivity index is 0.000000493. The molecule has 0 aliphatic heterocycles. The van der Waals surface area contributed by atoms with Gasteiger partial charge in [-0.05, 0) is 35.9 Å². The maximum atomic E-state index is 12.9. The molecule has 0 unspecified atom stereocenters. The summed E-state index contributed by atoms with van der Waals surface area (Å²) < 4.78 is 60.2. The summed E-state index contributed by atoms with van der Waals surface area (Å²) in [6, 6.07) is 34.2. The number of rotatable bonds is 6. The van der Waals surface area contributed by atoms with Crippen molar-refractivity contribution in [3.63, 3.8) is 0 Å². The number of para-hydroxylation sites is 2. The molecule has 2 aromatic heterocycles. The first-order valence-corrected chi connectivity index (χ1v) is 14.6. The summed E-state index contributed by atoms with van der Waals surface area (Å²) in [6.07, 6.45) is -3.43. The van der Waals surface area contributed by atoms with Gasteiger partial charge in [-0.15, -0.1) is 0 Å². The molecule has 2 N–H and O–H groups in total. The van der Waals surface area contributed by atoms with Crippen LogP contribution in [0.4, 0.5) is 13.2 Å². The van der Waals surface area contributed by atoms with E-state index in [1.165, 1.54) is 0 Å². The van der Waals surface area contributed by atoms with E-state index in [1.54, 1.807) is 24.4 Å². The van der Waals surface area contributed by atoms with Gasteiger partial charge in [0.2, 0.25) is 10.0 Å². The van der Waals surface area contributed by atoms with Crippen molar-refractivity contribution >= 4 is 37.9 Å². The number of benzene rings is 4. The summed E-state index contributed by atoms with van der Waals surface area (Å²) in [5.41, 5.74) is 6.60. The Labute approximate surface area is 249 Å². The lowest BCUT2D eigenvalue weighted by Gasteiger charge is -2.12. The lowest BCUT2D eigenvalue weighted by atomic mass is 10.0. The summed E-state index contributed by atoms with van der Waals surface area (Å²) in [7, 11) is -3.69. The lowest BCUT2D eigenvalue weighted by Crippen LogP contribution is -2.23. The third kappa shape index (κ3) is 7.05. The Morgan fingerprint density at radius 3 is 1.89 bits per heavy atom. The number of halogens is 3. The first kappa shape index (κ1) is 30.3. The first-order chi connectivity index (χ1) is 21.0. The SMILES string of the molecule is O=C(O)C(F)(F)F.O=S(=O)(NCc1ccc(-c2nc3ccccc3nc2-c2ccccc2)cc1)c1ccc2cccnc2c1. The van der Waals surface area contributed by atoms with Crippen LogP contribution < -0.4 is 4.72 Å². The van der Waals surface area contributed by atoms with Gasteiger partial charge in [-0.1, -0.05) is 78.9 Å². The van der Waals surface area contributed by atoms with E-state index in [2.05, 4.69) is 9.71 Å². The number of pyridine rings is 1. The Kier molecular flexibility index (Phi) is 8.65. The summed E-state index contributed by atoms with van der Waals surface area (Å²) in [5.74, 6) is -2.76. The molecule has 0 amide bonds. The summed E-state index contributed by atoms with van der Waals surface area (Å²) >= 11 is 0. The normalized spacial score (nSPS) is 11.6. The quantitative estimate of drug-likeness (QED) is 0.216. The van der Waals surface area contributed by atoms with Crippen molar-refractivity contribution in [2.24, 2.45) is 0 Å². The highest BCUT2D eigenvalue weighted by molar-refractivity contribution is 7.89. The number of aromatic nitrogens is 3. The molecule has 0 bridgehead atoms. The molecule has 6 rings (SSSR count). The zero-order valence-electron chi connectivity index (χ0n) is 22.7. The number of carbonyl (C=O) groups is 1. The third-order valence-electron chi connectivity index (χ3n) is 6.44. The largest absolute Gasteiger partial charge is 0.490 e. The van der Waals surface area contributed by atoms with Crippen LogP contribution in [0.25, 0.3) is 44.5 Å². The van der Waals surface area contributed by atoms with Gasteiger partial charge in [0, 0.05) is 29.3 Å². The number of nitrogens with zero attached hydrogens (tertiary/aromatic N) is 3. The molecule has 6 aromatic rings. The molecule has 0 aliphatic rings. The number of alkyl halides is 3. The molecule has 4 aromatic carbocycles. The van der Waals surface area contributed by atoms with Gasteiger partial charge in [-0.3, -0.25) is 4.98 Å². The maximum absolute atomic E-state index is 12.9. The fourth-order valence-corrected chi connectivity index (χ4v) is 5.29. The highest BCUT2D eigenvalue weighted by Crippen LogP contribution is 2.31. The van der Waals surface area contributed by atoms with E-state index in [9.17, 15) is 21.6 Å². The summed E-state index contributed by atoms with van der Waals surface area (Å²) in [4.78, 5) is 23.2. The molecule has 12 heteroatoms. The number of sulfonamides is 1. The topological polar surface area (TPSA) is 122 Å². The minimum Gasteiger partial charge on any atom is -0.475 e. The van der Waals surface area contributed by atoms with Crippen LogP contribution in [0, 0.1) is 0 Å². The van der Waals surface area contributed by atoms with E-state index in [4.69, 9.17) is 19.9 Å². The third-order valence-corrected chi connectivity index (χ3v) is 7.84. The molecule has 0 spiro atoms. The first-order valence-electron chi connectivity index (χ1n) is 13.1. The van der Waals surface area contributed by atoms with Gasteiger partial charge >= 0.3 is 12.1 Å². The second-order valence-corrected chi connectivity index (χ2v) is 11.2. The van der Waals surface area contributed by atoms with Gasteiger partial charge in [-0.2, -0.15) is 13.2 Å². The number of carboxylic acids is 1. The standard InChI is InChI=1S/C30H22N4O2S.C2HF3O2/c35-37(36,25-17-16-22-9-6-18-31-28(22)19-25)32-20-21-12-14-24(15-13-21)30-29(23-7-2-1-3-8-23)33-26-10-4-5-11-27(26)34-30;3-2(4,5)1(6)7/h1-19,32H,20H2;(H,6,7). The average molecular weight is 617 g/mol. The molecular formula is C32H23F3N4O4S. The minimum atomic E-state index is -5.08. The van der Waals surface area contributed by atoms with Crippen molar-refractivity contribution in [2.75, 3.05) is 0 Å². The number of carboxylic acid groups (broad SMARTS) is 1. The molecule has 0 saturated heterocycles. The molecule has 222 valence electrons. The van der Waals surface area contributed by atoms with Crippen LogP contribution >= 0.6 is 0 Å². The van der Waals surface area contributed by atoms with Crippen LogP contribution in [0.5, 0.6) is 0 Å². The van der Waals surface area contributed by atoms with E-state index < -0.39 is 22.2 Å². The summed E-state index contributed by atoms with van der Waals surface area (Å²) in [5, 5.41) is 8.02. The zero-order chi connectivity index (χ0) is 31.3. The smallest absolute Gasteiger partial charge is 0.475 e. The molecule has 0 fully saturated rings. The van der Waals surface area contributed by atoms with E-state index in [-0.39, 0.29) is 11.4 Å². The van der Waals surface area contributed by atoms with Gasteiger partial charge < -0.3 is 5.11 Å². The predicted molar refractivity (Wildman–Crippen MR) is 160 cm³/mol. The number of aliphatic carboxylic acids is 1. The van der Waals surface area contributed by atoms with Gasteiger partial charge in [0.15, 0.2) is 0 Å². The predicted octanol–water partition coefficient (Wildman–Crippen LogP) is 6.62. The van der Waals surface area contributed by atoms with Gasteiger partial charge in [-0.25, -0.2) is 27.9 Å². The van der Waals surface area contributed by atoms with E-state index in [0.717, 1.165) is 44.5 Å². The van der Waals surface area contributed by atoms with Crippen LogP contribution in [-0.4, -0.2) is 40.6 Å². The molecular weight excluding hydrogens is 593 g/mol. The van der Waals surface area contributed by atoms with Gasteiger partial charge in [0.1, 0.15) is 0 Å². The second-order valence-electron chi connectivity index (χ2n) is 9.46. The van der Waals surface area contributed by atoms with Crippen LogP contribution in [0.15, 0.2) is 120 Å². The fourth-order valence-electron chi connectivity index (χ4n) is 4.25. The van der Waals surface area contributed by atoms with Crippen LogP contribution in [0.3, 0.4) is 0 Å². The molecule has 8 nitrogen and oxygen atoms in total. The maximum Gasteiger partial charge on any atom is 0.490 e. The molecule has 44 heavy (non-hydrogen) atoms. The molecule has 0 atom stereocenters. The number of nitrogens with one attached hydrogen (secondary N) is 1. The number of fused-ring (bicyclic) bond motifs is 2. The summed E-state index contributed by atoms with van der Waals surface area (Å²) in [6.45, 7) is 0.164. The Morgan fingerprint density at radius 2 is 1.30 bits per heavy atom. The monoisotopic (exact) mass is 616 g/mol. The zero-order valence-corrected chi connectivity index (χ0v) is 23.5. The minimum absolute atomic E-state index is 0.164. The molecule has 0 radical (unpaired) electrons. The fraction of sp³-hybridized carbons (Fsp3) is 0.0625. The number of hydrogen-bond acceptors (Lipinski definition) is 6. The average Bonchev–Trinajstić information content (AvgIpc) is 3.03. The van der Waals surface area contributed by atoms with Crippen LogP contribution in [0.2, 0.25) is 0 Å². The van der Waals surface area contributed by atoms with Gasteiger partial charge in [0.05, 0.1) is 32.8 Å². The Bertz CT molecular complexity index is 2050. The Hall–Kier alpha value is -5.20. The lowest BCUT2D eigenvalue weighted by molar-refractivity contribution is -0.192. The Morgan fingerprint density at radius 1 is 0.727 bits per heavy atom. The highest BCUT2D eigenvalue weighted by Gasteiger charge is 2.38. The number of hydrogen-bond donors (Lipinski definition) is 2. The van der Waals surface area contributed by atoms with Crippen molar-refractivity contribution in [1.29, 1.82) is 0 Å². The van der Waals surface area contributed by atoms with Crippen molar-refractivity contribution in [1.82, 2.24) is 19.7 Å². The van der Waals surface area contributed by atoms with E-state index in [1.807, 2.05) is 91.0 Å². The van der Waals surface area contributed by atoms with Crippen LogP contribution in [0.1, 0.15) is 5.56 Å². The van der Waals surface area contributed by atoms with Crippen molar-refractivity contribution in [2.45, 2.75) is 17.6 Å². The molecule has 0 aliphatic carbocycles. The molecule has 0 saturated carbocycles. The second kappa shape index (κ2) is 12.6.